The highest BCUT2D eigenvalue weighted by atomic mass is 32.2. The lowest BCUT2D eigenvalue weighted by molar-refractivity contribution is -0.653. The molecular weight excluding hydrogens is 324 g/mol. The molecule has 0 amide bonds. The van der Waals surface area contributed by atoms with Crippen LogP contribution in [-0.2, 0) is 6.67 Å². The van der Waals surface area contributed by atoms with Crippen molar-refractivity contribution in [1.82, 2.24) is 0 Å². The molecule has 22 heavy (non-hydrogen) atoms. The first-order valence-electron chi connectivity index (χ1n) is 6.64. The van der Waals surface area contributed by atoms with Crippen LogP contribution >= 0.6 is 23.1 Å². The van der Waals surface area contributed by atoms with Gasteiger partial charge in [-0.05, 0) is 64.5 Å². The van der Waals surface area contributed by atoms with E-state index in [1.807, 2.05) is 0 Å². The Bertz CT molecular complexity index is 980. The van der Waals surface area contributed by atoms with Gasteiger partial charge in [0.05, 0.1) is 10.4 Å². The third kappa shape index (κ3) is 1.66. The summed E-state index contributed by atoms with van der Waals surface area (Å²) in [5.74, 6) is -0.481. The number of fused-ring (bicyclic) bond motifs is 6. The molecule has 3 aromatic rings. The fourth-order valence-corrected chi connectivity index (χ4v) is 4.92. The van der Waals surface area contributed by atoms with E-state index in [1.54, 1.807) is 12.1 Å². The van der Waals surface area contributed by atoms with Gasteiger partial charge in [0.15, 0.2) is 6.67 Å². The summed E-state index contributed by atoms with van der Waals surface area (Å²) in [4.78, 5) is 7.60. The molecule has 3 nitrogen and oxygen atoms in total. The van der Waals surface area contributed by atoms with Crippen LogP contribution in [0.5, 0.6) is 0 Å². The zero-order valence-corrected chi connectivity index (χ0v) is 12.7. The summed E-state index contributed by atoms with van der Waals surface area (Å²) in [6, 6.07) is 9.55. The second-order valence-electron chi connectivity index (χ2n) is 5.10. The van der Waals surface area contributed by atoms with Gasteiger partial charge in [-0.25, -0.2) is 8.78 Å². The van der Waals surface area contributed by atoms with Crippen LogP contribution in [0.25, 0.3) is 10.2 Å². The summed E-state index contributed by atoms with van der Waals surface area (Å²) in [6.07, 6.45) is 0. The van der Waals surface area contributed by atoms with E-state index in [9.17, 15) is 8.78 Å². The van der Waals surface area contributed by atoms with Crippen LogP contribution in [0, 0.1) is 11.6 Å². The average Bonchev–Trinajstić information content (AvgIpc) is 3.00. The number of aliphatic imine (C=N–C) groups is 1. The van der Waals surface area contributed by atoms with Crippen molar-refractivity contribution in [2.45, 2.75) is 11.6 Å². The standard InChI is InChI=1S/C15H8F2N3S2/c16-8-1-3-10-12(5-8)21-14-18-15-20(7-19(10)14)11-4-2-9(17)6-13(11)22-15/h1-6H,7H2/q+1. The van der Waals surface area contributed by atoms with Crippen LogP contribution < -0.4 is 9.47 Å². The Morgan fingerprint density at radius 3 is 2.82 bits per heavy atom. The maximum Gasteiger partial charge on any atom is 0.387 e. The van der Waals surface area contributed by atoms with Crippen molar-refractivity contribution in [3.05, 3.63) is 48.0 Å². The highest BCUT2D eigenvalue weighted by Crippen LogP contribution is 2.44. The molecule has 0 unspecified atom stereocenters. The third-order valence-corrected chi connectivity index (χ3v) is 5.85. The van der Waals surface area contributed by atoms with Gasteiger partial charge in [-0.2, -0.15) is 4.57 Å². The Morgan fingerprint density at radius 2 is 1.91 bits per heavy atom. The van der Waals surface area contributed by atoms with Crippen LogP contribution in [0.4, 0.5) is 19.6 Å². The first kappa shape index (κ1) is 12.5. The molecule has 0 spiro atoms. The van der Waals surface area contributed by atoms with Crippen LogP contribution in [0.15, 0.2) is 46.3 Å². The van der Waals surface area contributed by atoms with Crippen molar-refractivity contribution < 1.29 is 13.3 Å². The van der Waals surface area contributed by atoms with Gasteiger partial charge in [0.1, 0.15) is 17.2 Å². The third-order valence-electron chi connectivity index (χ3n) is 3.76. The zero-order chi connectivity index (χ0) is 14.8. The number of thiazole rings is 1. The van der Waals surface area contributed by atoms with E-state index in [-0.39, 0.29) is 11.6 Å². The van der Waals surface area contributed by atoms with E-state index in [1.165, 1.54) is 47.4 Å². The van der Waals surface area contributed by atoms with Crippen molar-refractivity contribution in [2.24, 2.45) is 4.99 Å². The number of aromatic nitrogens is 1. The number of rotatable bonds is 0. The van der Waals surface area contributed by atoms with Crippen LogP contribution in [0.3, 0.4) is 0 Å². The minimum absolute atomic E-state index is 0.241. The fourth-order valence-electron chi connectivity index (χ4n) is 2.76. The maximum absolute atomic E-state index is 13.4. The molecule has 108 valence electrons. The Hall–Kier alpha value is -1.99. The lowest BCUT2D eigenvalue weighted by Gasteiger charge is -2.17. The van der Waals surface area contributed by atoms with Gasteiger partial charge in [0.25, 0.3) is 5.17 Å². The first-order chi connectivity index (χ1) is 10.7. The molecule has 0 saturated carbocycles. The molecule has 0 fully saturated rings. The summed E-state index contributed by atoms with van der Waals surface area (Å²) in [6.45, 7) is 0.603. The van der Waals surface area contributed by atoms with Crippen molar-refractivity contribution >= 4 is 49.3 Å². The smallest absolute Gasteiger partial charge is 0.261 e. The molecule has 0 radical (unpaired) electrons. The SMILES string of the molecule is Fc1ccc2c(c1)SC1=Nc3sc4cc(F)ccc4[n+]3CN12. The van der Waals surface area contributed by atoms with Crippen molar-refractivity contribution in [3.8, 4) is 0 Å². The number of halogens is 2. The van der Waals surface area contributed by atoms with Gasteiger partial charge in [-0.15, -0.1) is 0 Å². The Labute approximate surface area is 132 Å². The van der Waals surface area contributed by atoms with E-state index in [2.05, 4.69) is 14.5 Å². The molecule has 2 aliphatic heterocycles. The topological polar surface area (TPSA) is 19.5 Å². The number of benzene rings is 2. The summed E-state index contributed by atoms with van der Waals surface area (Å²) < 4.78 is 29.7. The summed E-state index contributed by atoms with van der Waals surface area (Å²) >= 11 is 2.93. The number of amidine groups is 1. The quantitative estimate of drug-likeness (QED) is 0.579. The number of hydrogen-bond donors (Lipinski definition) is 0. The molecule has 1 aromatic heterocycles. The molecule has 3 heterocycles. The largest absolute Gasteiger partial charge is 0.387 e. The molecule has 7 heteroatoms. The van der Waals surface area contributed by atoms with Gasteiger partial charge >= 0.3 is 5.13 Å². The molecule has 0 bridgehead atoms. The maximum atomic E-state index is 13.4. The van der Waals surface area contributed by atoms with Gasteiger partial charge in [-0.3, -0.25) is 4.90 Å². The number of anilines is 1. The minimum atomic E-state index is -0.241. The molecule has 2 aromatic carbocycles. The molecular formula is C15H8F2N3S2+. The molecule has 0 aliphatic carbocycles. The highest BCUT2D eigenvalue weighted by Gasteiger charge is 2.38. The Balaban J connectivity index is 1.69. The number of thioether (sulfide) groups is 1. The second kappa shape index (κ2) is 4.27. The molecule has 0 saturated heterocycles. The summed E-state index contributed by atoms with van der Waals surface area (Å²) in [5.41, 5.74) is 1.93. The van der Waals surface area contributed by atoms with Crippen molar-refractivity contribution in [1.29, 1.82) is 0 Å². The van der Waals surface area contributed by atoms with E-state index >= 15 is 0 Å². The van der Waals surface area contributed by atoms with Gasteiger partial charge < -0.3 is 0 Å². The lowest BCUT2D eigenvalue weighted by atomic mass is 10.3. The predicted molar refractivity (Wildman–Crippen MR) is 83.8 cm³/mol. The highest BCUT2D eigenvalue weighted by molar-refractivity contribution is 8.14. The normalized spacial score (nSPS) is 15.5. The van der Waals surface area contributed by atoms with Crippen LogP contribution in [0.2, 0.25) is 0 Å². The average molecular weight is 332 g/mol. The number of hydrogen-bond acceptors (Lipinski definition) is 4. The number of nitrogens with zero attached hydrogens (tertiary/aromatic N) is 3. The van der Waals surface area contributed by atoms with E-state index in [4.69, 9.17) is 0 Å². The summed E-state index contributed by atoms with van der Waals surface area (Å²) in [7, 11) is 0. The fraction of sp³-hybridized carbons (Fsp3) is 0.0667. The Kier molecular flexibility index (Phi) is 2.43. The Morgan fingerprint density at radius 1 is 1.09 bits per heavy atom. The molecule has 2 aliphatic rings. The predicted octanol–water partition coefficient (Wildman–Crippen LogP) is 4.04. The monoisotopic (exact) mass is 332 g/mol. The van der Waals surface area contributed by atoms with Gasteiger partial charge in [0.2, 0.25) is 0 Å². The van der Waals surface area contributed by atoms with Crippen molar-refractivity contribution in [2.75, 3.05) is 4.90 Å². The van der Waals surface area contributed by atoms with Gasteiger partial charge in [-0.1, -0.05) is 0 Å². The second-order valence-corrected chi connectivity index (χ2v) is 7.12. The summed E-state index contributed by atoms with van der Waals surface area (Å²) in [5, 5.41) is 1.68. The van der Waals surface area contributed by atoms with E-state index in [0.717, 1.165) is 31.1 Å². The molecule has 0 atom stereocenters. The first-order valence-corrected chi connectivity index (χ1v) is 8.28. The minimum Gasteiger partial charge on any atom is -0.261 e. The van der Waals surface area contributed by atoms with Crippen LogP contribution in [-0.4, -0.2) is 5.17 Å². The van der Waals surface area contributed by atoms with E-state index in [0.29, 0.717) is 6.67 Å². The van der Waals surface area contributed by atoms with Crippen LogP contribution in [0.1, 0.15) is 0 Å². The van der Waals surface area contributed by atoms with Gasteiger partial charge in [0, 0.05) is 4.90 Å². The molecule has 0 N–H and O–H groups in total. The molecule has 5 rings (SSSR count). The zero-order valence-electron chi connectivity index (χ0n) is 11.1. The van der Waals surface area contributed by atoms with E-state index < -0.39 is 0 Å². The van der Waals surface area contributed by atoms with Crippen molar-refractivity contribution in [3.63, 3.8) is 0 Å². The lowest BCUT2D eigenvalue weighted by Crippen LogP contribution is -2.47.